The summed E-state index contributed by atoms with van der Waals surface area (Å²) in [6, 6.07) is 11.0. The van der Waals surface area contributed by atoms with Crippen LogP contribution in [-0.2, 0) is 0 Å². The van der Waals surface area contributed by atoms with Gasteiger partial charge in [-0.05, 0) is 30.3 Å². The van der Waals surface area contributed by atoms with E-state index >= 15 is 0 Å². The summed E-state index contributed by atoms with van der Waals surface area (Å²) in [5, 5.41) is 23.2. The molecule has 1 aromatic carbocycles. The van der Waals surface area contributed by atoms with Crippen molar-refractivity contribution in [3.05, 3.63) is 48.3 Å². The van der Waals surface area contributed by atoms with Gasteiger partial charge in [-0.2, -0.15) is 20.6 Å². The van der Waals surface area contributed by atoms with Gasteiger partial charge in [0.1, 0.15) is 0 Å². The van der Waals surface area contributed by atoms with Crippen molar-refractivity contribution < 1.29 is 0 Å². The molecule has 0 atom stereocenters. The van der Waals surface area contributed by atoms with Crippen LogP contribution >= 0.6 is 0 Å². The highest BCUT2D eigenvalue weighted by atomic mass is 15.2. The maximum absolute atomic E-state index is 8.75. The summed E-state index contributed by atoms with van der Waals surface area (Å²) in [5.74, 6) is 1.21. The molecule has 3 aromatic rings. The normalized spacial score (nSPS) is 10.1. The van der Waals surface area contributed by atoms with Crippen molar-refractivity contribution in [2.24, 2.45) is 0 Å². The number of nitrogens with one attached hydrogen (secondary N) is 1. The zero-order chi connectivity index (χ0) is 13.1. The quantitative estimate of drug-likeness (QED) is 0.746. The van der Waals surface area contributed by atoms with Gasteiger partial charge in [0.05, 0.1) is 24.0 Å². The van der Waals surface area contributed by atoms with Crippen molar-refractivity contribution in [3.63, 3.8) is 0 Å². The Balaban J connectivity index is 1.95. The largest absolute Gasteiger partial charge is 0.259 e. The lowest BCUT2D eigenvalue weighted by Gasteiger charge is -1.95. The van der Waals surface area contributed by atoms with Crippen molar-refractivity contribution in [1.82, 2.24) is 25.4 Å². The van der Waals surface area contributed by atoms with Gasteiger partial charge in [0.25, 0.3) is 0 Å². The molecule has 0 amide bonds. The van der Waals surface area contributed by atoms with Gasteiger partial charge in [0.15, 0.2) is 11.6 Å². The lowest BCUT2D eigenvalue weighted by Crippen LogP contribution is -1.84. The molecule has 0 aliphatic carbocycles. The summed E-state index contributed by atoms with van der Waals surface area (Å²) in [6.45, 7) is 0. The van der Waals surface area contributed by atoms with E-state index < -0.39 is 0 Å². The molecule has 0 radical (unpaired) electrons. The first kappa shape index (κ1) is 11.0. The van der Waals surface area contributed by atoms with E-state index in [1.165, 1.54) is 0 Å². The minimum Gasteiger partial charge on any atom is -0.259 e. The SMILES string of the molecule is N#Cc1ccc(-c2nc(-c3ccnnc3)n[nH]2)cc1. The van der Waals surface area contributed by atoms with E-state index in [9.17, 15) is 0 Å². The minimum atomic E-state index is 0.564. The third-order valence-corrected chi connectivity index (χ3v) is 2.62. The van der Waals surface area contributed by atoms with Crippen molar-refractivity contribution in [2.75, 3.05) is 0 Å². The first-order valence-electron chi connectivity index (χ1n) is 5.57. The number of nitriles is 1. The summed E-state index contributed by atoms with van der Waals surface area (Å²) >= 11 is 0. The average molecular weight is 248 g/mol. The first-order chi connectivity index (χ1) is 9.36. The third kappa shape index (κ3) is 2.17. The smallest absolute Gasteiger partial charge is 0.183 e. The number of benzene rings is 1. The zero-order valence-electron chi connectivity index (χ0n) is 9.78. The van der Waals surface area contributed by atoms with Crippen molar-refractivity contribution in [2.45, 2.75) is 0 Å². The van der Waals surface area contributed by atoms with Gasteiger partial charge < -0.3 is 0 Å². The third-order valence-electron chi connectivity index (χ3n) is 2.62. The van der Waals surface area contributed by atoms with Gasteiger partial charge in [-0.1, -0.05) is 0 Å². The summed E-state index contributed by atoms with van der Waals surface area (Å²) in [6.07, 6.45) is 3.19. The Bertz CT molecular complexity index is 724. The molecule has 19 heavy (non-hydrogen) atoms. The molecule has 0 aliphatic heterocycles. The van der Waals surface area contributed by atoms with E-state index in [0.29, 0.717) is 17.2 Å². The highest BCUT2D eigenvalue weighted by Gasteiger charge is 2.07. The summed E-state index contributed by atoms with van der Waals surface area (Å²) in [5.41, 5.74) is 2.28. The van der Waals surface area contributed by atoms with Crippen LogP contribution in [0.3, 0.4) is 0 Å². The van der Waals surface area contributed by atoms with Crippen LogP contribution in [0.5, 0.6) is 0 Å². The molecule has 6 nitrogen and oxygen atoms in total. The number of nitrogens with zero attached hydrogens (tertiary/aromatic N) is 5. The first-order valence-corrected chi connectivity index (χ1v) is 5.57. The second kappa shape index (κ2) is 4.66. The molecule has 0 unspecified atom stereocenters. The number of hydrogen-bond donors (Lipinski definition) is 1. The molecule has 6 heteroatoms. The van der Waals surface area contributed by atoms with E-state index in [1.807, 2.05) is 12.1 Å². The zero-order valence-corrected chi connectivity index (χ0v) is 9.78. The van der Waals surface area contributed by atoms with Gasteiger partial charge in [0.2, 0.25) is 0 Å². The van der Waals surface area contributed by atoms with E-state index in [-0.39, 0.29) is 0 Å². The van der Waals surface area contributed by atoms with Crippen LogP contribution in [0, 0.1) is 11.3 Å². The number of hydrogen-bond acceptors (Lipinski definition) is 5. The molecule has 90 valence electrons. The fourth-order valence-electron chi connectivity index (χ4n) is 1.65. The lowest BCUT2D eigenvalue weighted by molar-refractivity contribution is 1.02. The number of aromatic amines is 1. The molecular weight excluding hydrogens is 240 g/mol. The van der Waals surface area contributed by atoms with E-state index in [2.05, 4.69) is 31.4 Å². The maximum Gasteiger partial charge on any atom is 0.183 e. The van der Waals surface area contributed by atoms with E-state index in [1.54, 1.807) is 30.6 Å². The molecule has 0 bridgehead atoms. The monoisotopic (exact) mass is 248 g/mol. The molecule has 3 rings (SSSR count). The molecule has 0 spiro atoms. The van der Waals surface area contributed by atoms with Crippen LogP contribution < -0.4 is 0 Å². The number of H-pyrrole nitrogens is 1. The number of rotatable bonds is 2. The number of aromatic nitrogens is 5. The van der Waals surface area contributed by atoms with Crippen LogP contribution in [0.2, 0.25) is 0 Å². The van der Waals surface area contributed by atoms with Crippen LogP contribution in [0.15, 0.2) is 42.7 Å². The molecule has 2 heterocycles. The minimum absolute atomic E-state index is 0.564. The summed E-state index contributed by atoms with van der Waals surface area (Å²) in [4.78, 5) is 4.39. The average Bonchev–Trinajstić information content (AvgIpc) is 2.98. The Kier molecular flexibility index (Phi) is 2.71. The topological polar surface area (TPSA) is 91.1 Å². The predicted octanol–water partition coefficient (Wildman–Crippen LogP) is 1.80. The van der Waals surface area contributed by atoms with Crippen LogP contribution in [-0.4, -0.2) is 25.4 Å². The fraction of sp³-hybridized carbons (Fsp3) is 0. The van der Waals surface area contributed by atoms with E-state index in [4.69, 9.17) is 5.26 Å². The Morgan fingerprint density at radius 2 is 1.84 bits per heavy atom. The maximum atomic E-state index is 8.75. The molecule has 0 fully saturated rings. The van der Waals surface area contributed by atoms with Crippen LogP contribution in [0.25, 0.3) is 22.8 Å². The molecule has 0 saturated carbocycles. The standard InChI is InChI=1S/C13H8N6/c14-7-9-1-3-10(4-2-9)12-17-13(19-18-12)11-5-6-15-16-8-11/h1-6,8H,(H,17,18,19). The van der Waals surface area contributed by atoms with Gasteiger partial charge in [-0.15, -0.1) is 0 Å². The fourth-order valence-corrected chi connectivity index (χ4v) is 1.65. The van der Waals surface area contributed by atoms with Crippen LogP contribution in [0.4, 0.5) is 0 Å². The Morgan fingerprint density at radius 1 is 1.00 bits per heavy atom. The molecule has 2 aromatic heterocycles. The highest BCUT2D eigenvalue weighted by molar-refractivity contribution is 5.60. The molecule has 1 N–H and O–H groups in total. The van der Waals surface area contributed by atoms with Crippen LogP contribution in [0.1, 0.15) is 5.56 Å². The molecule has 0 saturated heterocycles. The Labute approximate surface area is 108 Å². The molecular formula is C13H8N6. The Morgan fingerprint density at radius 3 is 2.53 bits per heavy atom. The lowest BCUT2D eigenvalue weighted by atomic mass is 10.1. The van der Waals surface area contributed by atoms with Gasteiger partial charge in [-0.25, -0.2) is 4.98 Å². The van der Waals surface area contributed by atoms with Gasteiger partial charge >= 0.3 is 0 Å². The van der Waals surface area contributed by atoms with Crippen molar-refractivity contribution >= 4 is 0 Å². The summed E-state index contributed by atoms with van der Waals surface area (Å²) in [7, 11) is 0. The second-order valence-electron chi connectivity index (χ2n) is 3.83. The predicted molar refractivity (Wildman–Crippen MR) is 67.6 cm³/mol. The summed E-state index contributed by atoms with van der Waals surface area (Å²) < 4.78 is 0. The Hall–Kier alpha value is -3.07. The van der Waals surface area contributed by atoms with Crippen molar-refractivity contribution in [3.8, 4) is 28.8 Å². The second-order valence-corrected chi connectivity index (χ2v) is 3.83. The van der Waals surface area contributed by atoms with E-state index in [0.717, 1.165) is 11.1 Å². The highest BCUT2D eigenvalue weighted by Crippen LogP contribution is 2.19. The van der Waals surface area contributed by atoms with Gasteiger partial charge in [0, 0.05) is 11.1 Å². The van der Waals surface area contributed by atoms with Crippen molar-refractivity contribution in [1.29, 1.82) is 5.26 Å². The van der Waals surface area contributed by atoms with Gasteiger partial charge in [-0.3, -0.25) is 5.10 Å². The molecule has 0 aliphatic rings.